The van der Waals surface area contributed by atoms with Crippen molar-refractivity contribution in [3.8, 4) is 0 Å². The van der Waals surface area contributed by atoms with Crippen LogP contribution in [0.1, 0.15) is 29.9 Å². The van der Waals surface area contributed by atoms with Gasteiger partial charge in [-0.15, -0.1) is 11.3 Å². The molecule has 1 unspecified atom stereocenters. The zero-order valence-corrected chi connectivity index (χ0v) is 14.3. The fourth-order valence-electron chi connectivity index (χ4n) is 1.69. The van der Waals surface area contributed by atoms with Crippen LogP contribution in [0.2, 0.25) is 0 Å². The summed E-state index contributed by atoms with van der Waals surface area (Å²) in [6.45, 7) is 4.29. The molecule has 0 aliphatic heterocycles. The SMILES string of the molecule is COC(=O)c1sccc1S(=O)(=O)N(C)CCC(N)C(C)C. The molecule has 0 saturated carbocycles. The van der Waals surface area contributed by atoms with Crippen LogP contribution in [0.5, 0.6) is 0 Å². The topological polar surface area (TPSA) is 89.7 Å². The maximum Gasteiger partial charge on any atom is 0.349 e. The number of esters is 1. The van der Waals surface area contributed by atoms with E-state index < -0.39 is 16.0 Å². The van der Waals surface area contributed by atoms with Crippen molar-refractivity contribution in [2.45, 2.75) is 31.2 Å². The first-order valence-electron chi connectivity index (χ1n) is 6.59. The van der Waals surface area contributed by atoms with Gasteiger partial charge >= 0.3 is 5.97 Å². The van der Waals surface area contributed by atoms with Crippen LogP contribution in [0.25, 0.3) is 0 Å². The Bertz CT molecular complexity index is 581. The van der Waals surface area contributed by atoms with Gasteiger partial charge in [-0.3, -0.25) is 0 Å². The van der Waals surface area contributed by atoms with Crippen molar-refractivity contribution in [3.05, 3.63) is 16.3 Å². The van der Waals surface area contributed by atoms with Crippen molar-refractivity contribution in [2.75, 3.05) is 20.7 Å². The number of rotatable bonds is 7. The van der Waals surface area contributed by atoms with Crippen LogP contribution >= 0.6 is 11.3 Å². The summed E-state index contributed by atoms with van der Waals surface area (Å²) in [6, 6.07) is 1.36. The van der Waals surface area contributed by atoms with Gasteiger partial charge in [0.05, 0.1) is 7.11 Å². The Morgan fingerprint density at radius 3 is 2.62 bits per heavy atom. The summed E-state index contributed by atoms with van der Waals surface area (Å²) in [5.41, 5.74) is 5.93. The van der Waals surface area contributed by atoms with Gasteiger partial charge in [0.25, 0.3) is 0 Å². The van der Waals surface area contributed by atoms with Gasteiger partial charge in [0, 0.05) is 19.6 Å². The summed E-state index contributed by atoms with van der Waals surface area (Å²) in [4.78, 5) is 11.7. The monoisotopic (exact) mass is 334 g/mol. The van der Waals surface area contributed by atoms with Gasteiger partial charge in [-0.25, -0.2) is 17.5 Å². The molecule has 21 heavy (non-hydrogen) atoms. The lowest BCUT2D eigenvalue weighted by Gasteiger charge is -2.21. The maximum absolute atomic E-state index is 12.5. The molecule has 1 heterocycles. The second kappa shape index (κ2) is 7.35. The Morgan fingerprint density at radius 1 is 1.48 bits per heavy atom. The quantitative estimate of drug-likeness (QED) is 0.764. The van der Waals surface area contributed by atoms with Crippen molar-refractivity contribution in [3.63, 3.8) is 0 Å². The van der Waals surface area contributed by atoms with Gasteiger partial charge in [0.2, 0.25) is 10.0 Å². The lowest BCUT2D eigenvalue weighted by molar-refractivity contribution is 0.0602. The highest BCUT2D eigenvalue weighted by molar-refractivity contribution is 7.89. The Hall–Kier alpha value is -0.960. The van der Waals surface area contributed by atoms with Crippen LogP contribution in [0.4, 0.5) is 0 Å². The van der Waals surface area contributed by atoms with Gasteiger partial charge < -0.3 is 10.5 Å². The summed E-state index contributed by atoms with van der Waals surface area (Å²) >= 11 is 1.05. The predicted molar refractivity (Wildman–Crippen MR) is 82.9 cm³/mol. The average molecular weight is 334 g/mol. The van der Waals surface area contributed by atoms with Crippen molar-refractivity contribution >= 4 is 27.3 Å². The van der Waals surface area contributed by atoms with Gasteiger partial charge in [0.15, 0.2) is 0 Å². The van der Waals surface area contributed by atoms with E-state index in [2.05, 4.69) is 4.74 Å². The number of carbonyl (C=O) groups is 1. The highest BCUT2D eigenvalue weighted by Gasteiger charge is 2.28. The molecule has 1 aromatic heterocycles. The number of thiophene rings is 1. The van der Waals surface area contributed by atoms with E-state index in [1.54, 1.807) is 5.38 Å². The fraction of sp³-hybridized carbons (Fsp3) is 0.615. The first-order valence-corrected chi connectivity index (χ1v) is 8.91. The summed E-state index contributed by atoms with van der Waals surface area (Å²) in [6.07, 6.45) is 0.561. The van der Waals surface area contributed by atoms with Crippen LogP contribution in [-0.4, -0.2) is 45.4 Å². The molecule has 0 fully saturated rings. The summed E-state index contributed by atoms with van der Waals surface area (Å²) in [5, 5.41) is 1.56. The van der Waals surface area contributed by atoms with E-state index >= 15 is 0 Å². The minimum Gasteiger partial charge on any atom is -0.465 e. The third kappa shape index (κ3) is 4.26. The predicted octanol–water partition coefficient (Wildman–Crippen LogP) is 1.53. The number of hydrogen-bond donors (Lipinski definition) is 1. The summed E-state index contributed by atoms with van der Waals surface area (Å²) in [5.74, 6) is -0.358. The number of hydrogen-bond acceptors (Lipinski definition) is 6. The van der Waals surface area contributed by atoms with E-state index in [4.69, 9.17) is 5.73 Å². The molecule has 8 heteroatoms. The summed E-state index contributed by atoms with van der Waals surface area (Å²) < 4.78 is 30.8. The molecule has 1 aromatic rings. The Balaban J connectivity index is 2.91. The standard InChI is InChI=1S/C13H22N2O4S2/c1-9(2)10(14)5-7-15(3)21(17,18)11-6-8-20-12(11)13(16)19-4/h6,8-10H,5,7,14H2,1-4H3. The molecule has 0 amide bonds. The lowest BCUT2D eigenvalue weighted by Crippen LogP contribution is -2.35. The average Bonchev–Trinajstić information content (AvgIpc) is 2.93. The summed E-state index contributed by atoms with van der Waals surface area (Å²) in [7, 11) is -1.00. The number of methoxy groups -OCH3 is 1. The second-order valence-corrected chi connectivity index (χ2v) is 8.06. The van der Waals surface area contributed by atoms with Crippen molar-refractivity contribution in [1.29, 1.82) is 0 Å². The zero-order valence-electron chi connectivity index (χ0n) is 12.7. The molecule has 0 radical (unpaired) electrons. The fourth-order valence-corrected chi connectivity index (χ4v) is 4.18. The molecule has 1 rings (SSSR count). The smallest absolute Gasteiger partial charge is 0.349 e. The van der Waals surface area contributed by atoms with Crippen LogP contribution in [0.15, 0.2) is 16.3 Å². The highest BCUT2D eigenvalue weighted by Crippen LogP contribution is 2.25. The molecule has 0 aliphatic rings. The molecule has 0 aliphatic carbocycles. The van der Waals surface area contributed by atoms with Crippen LogP contribution in [-0.2, 0) is 14.8 Å². The number of sulfonamides is 1. The van der Waals surface area contributed by atoms with Crippen molar-refractivity contribution < 1.29 is 17.9 Å². The molecule has 1 atom stereocenters. The first-order chi connectivity index (χ1) is 9.71. The molecule has 6 nitrogen and oxygen atoms in total. The molecular formula is C13H22N2O4S2. The molecular weight excluding hydrogens is 312 g/mol. The van der Waals surface area contributed by atoms with E-state index in [1.165, 1.54) is 24.5 Å². The molecule has 120 valence electrons. The molecule has 0 saturated heterocycles. The van der Waals surface area contributed by atoms with E-state index in [0.29, 0.717) is 13.0 Å². The number of ether oxygens (including phenoxy) is 1. The second-order valence-electron chi connectivity index (χ2n) is 5.13. The van der Waals surface area contributed by atoms with Gasteiger partial charge in [-0.05, 0) is 23.8 Å². The lowest BCUT2D eigenvalue weighted by atomic mass is 10.0. The first kappa shape index (κ1) is 18.1. The number of nitrogens with two attached hydrogens (primary N) is 1. The zero-order chi connectivity index (χ0) is 16.2. The van der Waals surface area contributed by atoms with Gasteiger partial charge in [-0.2, -0.15) is 0 Å². The Morgan fingerprint density at radius 2 is 2.10 bits per heavy atom. The van der Waals surface area contributed by atoms with E-state index in [-0.39, 0.29) is 21.7 Å². The minimum absolute atomic E-state index is 0.0139. The van der Waals surface area contributed by atoms with E-state index in [0.717, 1.165) is 11.3 Å². The van der Waals surface area contributed by atoms with Crippen LogP contribution in [0.3, 0.4) is 0 Å². The largest absolute Gasteiger partial charge is 0.465 e. The normalized spacial score (nSPS) is 13.7. The Kier molecular flexibility index (Phi) is 6.33. The van der Waals surface area contributed by atoms with Crippen molar-refractivity contribution in [2.24, 2.45) is 11.7 Å². The minimum atomic E-state index is -3.72. The molecule has 0 aromatic carbocycles. The van der Waals surface area contributed by atoms with Crippen LogP contribution < -0.4 is 5.73 Å². The Labute approximate surface area is 129 Å². The number of nitrogens with zero attached hydrogens (tertiary/aromatic N) is 1. The molecule has 0 bridgehead atoms. The van der Waals surface area contributed by atoms with Crippen LogP contribution in [0, 0.1) is 5.92 Å². The van der Waals surface area contributed by atoms with E-state index in [9.17, 15) is 13.2 Å². The third-order valence-corrected chi connectivity index (χ3v) is 6.24. The van der Waals surface area contributed by atoms with Gasteiger partial charge in [0.1, 0.15) is 9.77 Å². The van der Waals surface area contributed by atoms with Crippen molar-refractivity contribution in [1.82, 2.24) is 4.31 Å². The molecule has 2 N–H and O–H groups in total. The maximum atomic E-state index is 12.5. The third-order valence-electron chi connectivity index (χ3n) is 3.32. The number of carbonyl (C=O) groups excluding carboxylic acids is 1. The molecule has 0 spiro atoms. The van der Waals surface area contributed by atoms with E-state index in [1.807, 2.05) is 13.8 Å². The van der Waals surface area contributed by atoms with Gasteiger partial charge in [-0.1, -0.05) is 13.8 Å². The highest BCUT2D eigenvalue weighted by atomic mass is 32.2.